The second-order valence-electron chi connectivity index (χ2n) is 8.80. The summed E-state index contributed by atoms with van der Waals surface area (Å²) < 4.78 is 23.8. The minimum Gasteiger partial charge on any atom is -0.352 e. The smallest absolute Gasteiger partial charge is 0.238 e. The van der Waals surface area contributed by atoms with Crippen LogP contribution in [0, 0.1) is 11.8 Å². The van der Waals surface area contributed by atoms with Crippen LogP contribution in [0.5, 0.6) is 0 Å². The number of rotatable bonds is 8. The van der Waals surface area contributed by atoms with Crippen molar-refractivity contribution in [1.82, 2.24) is 10.6 Å². The van der Waals surface area contributed by atoms with Crippen molar-refractivity contribution in [3.8, 4) is 11.1 Å². The maximum absolute atomic E-state index is 12.9. The number of nitrogens with two attached hydrogens (primary N) is 1. The number of amides is 2. The molecule has 4 rings (SSSR count). The summed E-state index contributed by atoms with van der Waals surface area (Å²) in [5.41, 5.74) is 3.14. The molecular weight excluding hydrogens is 462 g/mol. The Morgan fingerprint density at radius 2 is 1.26 bits per heavy atom. The monoisotopic (exact) mass is 491 g/mol. The molecule has 4 N–H and O–H groups in total. The molecule has 3 aromatic rings. The molecule has 0 aliphatic heterocycles. The van der Waals surface area contributed by atoms with Crippen molar-refractivity contribution in [1.29, 1.82) is 0 Å². The molecule has 1 fully saturated rings. The second kappa shape index (κ2) is 10.8. The Morgan fingerprint density at radius 3 is 1.83 bits per heavy atom. The minimum absolute atomic E-state index is 0.0684. The van der Waals surface area contributed by atoms with Crippen molar-refractivity contribution >= 4 is 21.8 Å². The number of sulfonamides is 1. The number of primary sulfonamides is 1. The Labute approximate surface area is 205 Å². The number of carbonyl (C=O) groups is 2. The van der Waals surface area contributed by atoms with Crippen molar-refractivity contribution in [2.24, 2.45) is 17.0 Å². The lowest BCUT2D eigenvalue weighted by Gasteiger charge is -2.19. The van der Waals surface area contributed by atoms with Crippen LogP contribution in [0.1, 0.15) is 30.4 Å². The number of benzene rings is 3. The van der Waals surface area contributed by atoms with Gasteiger partial charge in [-0.05, 0) is 35.6 Å². The van der Waals surface area contributed by atoms with Crippen LogP contribution in [0.3, 0.4) is 0 Å². The van der Waals surface area contributed by atoms with Crippen LogP contribution in [0.4, 0.5) is 0 Å². The summed E-state index contributed by atoms with van der Waals surface area (Å²) in [6.45, 7) is 0.774. The molecule has 1 aliphatic carbocycles. The van der Waals surface area contributed by atoms with Gasteiger partial charge in [0.05, 0.1) is 4.90 Å². The molecule has 1 saturated carbocycles. The highest BCUT2D eigenvalue weighted by Crippen LogP contribution is 2.32. The highest BCUT2D eigenvalue weighted by molar-refractivity contribution is 7.89. The summed E-state index contributed by atoms with van der Waals surface area (Å²) in [6.07, 6.45) is 2.25. The topological polar surface area (TPSA) is 118 Å². The van der Waals surface area contributed by atoms with Gasteiger partial charge in [-0.25, -0.2) is 13.6 Å². The Bertz CT molecular complexity index is 1290. The standard InChI is InChI=1S/C27H29N3O4S/c28-35(33,34)25-12-5-4-9-22(25)21-15-13-20(14-16-21)18-30-27(32)24-11-6-10-23(24)26(31)29-17-19-7-2-1-3-8-19/h1-5,7-9,12-16,23-24H,6,10-11,17-18H2,(H,29,31)(H,30,32)(H2,28,33,34)/t23-,24-/m1/s1. The van der Waals surface area contributed by atoms with E-state index in [2.05, 4.69) is 10.6 Å². The third-order valence-corrected chi connectivity index (χ3v) is 7.39. The zero-order chi connectivity index (χ0) is 24.8. The van der Waals surface area contributed by atoms with Crippen molar-refractivity contribution < 1.29 is 18.0 Å². The molecule has 0 bridgehead atoms. The third kappa shape index (κ3) is 6.15. The van der Waals surface area contributed by atoms with E-state index < -0.39 is 10.0 Å². The van der Waals surface area contributed by atoms with E-state index in [1.807, 2.05) is 42.5 Å². The fourth-order valence-electron chi connectivity index (χ4n) is 4.58. The fraction of sp³-hybridized carbons (Fsp3) is 0.259. The minimum atomic E-state index is -3.84. The summed E-state index contributed by atoms with van der Waals surface area (Å²) in [5, 5.41) is 11.3. The summed E-state index contributed by atoms with van der Waals surface area (Å²) >= 11 is 0. The zero-order valence-corrected chi connectivity index (χ0v) is 20.1. The van der Waals surface area contributed by atoms with Gasteiger partial charge in [0.2, 0.25) is 21.8 Å². The molecule has 0 unspecified atom stereocenters. The molecule has 0 radical (unpaired) electrons. The molecule has 1 aliphatic rings. The number of carbonyl (C=O) groups excluding carboxylic acids is 2. The maximum Gasteiger partial charge on any atom is 0.238 e. The average Bonchev–Trinajstić information content (AvgIpc) is 3.37. The Hall–Kier alpha value is -3.49. The molecule has 3 aromatic carbocycles. The van der Waals surface area contributed by atoms with Gasteiger partial charge in [-0.15, -0.1) is 0 Å². The van der Waals surface area contributed by atoms with Crippen LogP contribution in [0.2, 0.25) is 0 Å². The van der Waals surface area contributed by atoms with Gasteiger partial charge in [0, 0.05) is 30.5 Å². The molecule has 0 heterocycles. The van der Waals surface area contributed by atoms with E-state index in [4.69, 9.17) is 5.14 Å². The molecule has 0 saturated heterocycles. The van der Waals surface area contributed by atoms with E-state index in [0.717, 1.165) is 23.1 Å². The van der Waals surface area contributed by atoms with Crippen molar-refractivity contribution in [2.75, 3.05) is 0 Å². The van der Waals surface area contributed by atoms with E-state index in [1.54, 1.807) is 30.3 Å². The number of hydrogen-bond acceptors (Lipinski definition) is 4. The SMILES string of the molecule is NS(=O)(=O)c1ccccc1-c1ccc(CNC(=O)[C@@H]2CCC[C@H]2C(=O)NCc2ccccc2)cc1. The molecule has 2 atom stereocenters. The molecular formula is C27H29N3O4S. The van der Waals surface area contributed by atoms with Gasteiger partial charge in [0.25, 0.3) is 0 Å². The molecule has 2 amide bonds. The van der Waals surface area contributed by atoms with Gasteiger partial charge >= 0.3 is 0 Å². The summed E-state index contributed by atoms with van der Waals surface area (Å²) in [7, 11) is -3.84. The van der Waals surface area contributed by atoms with Gasteiger partial charge in [-0.2, -0.15) is 0 Å². The van der Waals surface area contributed by atoms with E-state index in [-0.39, 0.29) is 28.5 Å². The lowest BCUT2D eigenvalue weighted by molar-refractivity contribution is -0.133. The van der Waals surface area contributed by atoms with Crippen LogP contribution in [-0.4, -0.2) is 20.2 Å². The third-order valence-electron chi connectivity index (χ3n) is 6.42. The Kier molecular flexibility index (Phi) is 7.63. The highest BCUT2D eigenvalue weighted by Gasteiger charge is 2.37. The van der Waals surface area contributed by atoms with Gasteiger partial charge in [0.1, 0.15) is 0 Å². The Morgan fingerprint density at radius 1 is 0.743 bits per heavy atom. The molecule has 0 aromatic heterocycles. The van der Waals surface area contributed by atoms with Crippen LogP contribution in [0.25, 0.3) is 11.1 Å². The quantitative estimate of drug-likeness (QED) is 0.448. The lowest BCUT2D eigenvalue weighted by atomic mass is 9.94. The van der Waals surface area contributed by atoms with Crippen LogP contribution >= 0.6 is 0 Å². The van der Waals surface area contributed by atoms with E-state index in [1.165, 1.54) is 6.07 Å². The summed E-state index contributed by atoms with van der Waals surface area (Å²) in [4.78, 5) is 25.7. The molecule has 182 valence electrons. The second-order valence-corrected chi connectivity index (χ2v) is 10.3. The molecule has 7 nitrogen and oxygen atoms in total. The van der Waals surface area contributed by atoms with Crippen molar-refractivity contribution in [3.63, 3.8) is 0 Å². The largest absolute Gasteiger partial charge is 0.352 e. The van der Waals surface area contributed by atoms with Crippen molar-refractivity contribution in [2.45, 2.75) is 37.2 Å². The van der Waals surface area contributed by atoms with E-state index in [0.29, 0.717) is 31.5 Å². The first-order valence-corrected chi connectivity index (χ1v) is 13.2. The van der Waals surface area contributed by atoms with Crippen LogP contribution < -0.4 is 15.8 Å². The zero-order valence-electron chi connectivity index (χ0n) is 19.3. The first kappa shape index (κ1) is 24.6. The molecule has 0 spiro atoms. The summed E-state index contributed by atoms with van der Waals surface area (Å²) in [5.74, 6) is -0.863. The first-order valence-electron chi connectivity index (χ1n) is 11.6. The highest BCUT2D eigenvalue weighted by atomic mass is 32.2. The molecule has 8 heteroatoms. The van der Waals surface area contributed by atoms with E-state index in [9.17, 15) is 18.0 Å². The van der Waals surface area contributed by atoms with Gasteiger partial charge < -0.3 is 10.6 Å². The first-order chi connectivity index (χ1) is 16.8. The van der Waals surface area contributed by atoms with Gasteiger partial charge in [-0.1, -0.05) is 79.2 Å². The van der Waals surface area contributed by atoms with Crippen molar-refractivity contribution in [3.05, 3.63) is 90.0 Å². The number of nitrogens with one attached hydrogen (secondary N) is 2. The van der Waals surface area contributed by atoms with Crippen LogP contribution in [0.15, 0.2) is 83.8 Å². The van der Waals surface area contributed by atoms with Crippen LogP contribution in [-0.2, 0) is 32.7 Å². The molecule has 35 heavy (non-hydrogen) atoms. The van der Waals surface area contributed by atoms with E-state index >= 15 is 0 Å². The maximum atomic E-state index is 12.9. The normalized spacial score (nSPS) is 17.6. The average molecular weight is 492 g/mol. The summed E-state index contributed by atoms with van der Waals surface area (Å²) in [6, 6.07) is 23.6. The predicted molar refractivity (Wildman–Crippen MR) is 134 cm³/mol. The predicted octanol–water partition coefficient (Wildman–Crippen LogP) is 3.35. The van der Waals surface area contributed by atoms with Gasteiger partial charge in [-0.3, -0.25) is 9.59 Å². The lowest BCUT2D eigenvalue weighted by Crippen LogP contribution is -2.39. The number of hydrogen-bond donors (Lipinski definition) is 3. The fourth-order valence-corrected chi connectivity index (χ4v) is 5.34. The van der Waals surface area contributed by atoms with Gasteiger partial charge in [0.15, 0.2) is 0 Å². The Balaban J connectivity index is 1.35.